The van der Waals surface area contributed by atoms with E-state index in [1.807, 2.05) is 0 Å². The van der Waals surface area contributed by atoms with E-state index in [9.17, 15) is 0 Å². The number of fused-ring (bicyclic) bond motifs is 2. The fourth-order valence-electron chi connectivity index (χ4n) is 8.10. The highest BCUT2D eigenvalue weighted by atomic mass is 15.2. The molecule has 5 heteroatoms. The maximum Gasteiger partial charge on any atom is 0.282 e. The zero-order valence-corrected chi connectivity index (χ0v) is 32.6. The van der Waals surface area contributed by atoms with Crippen molar-refractivity contribution < 1.29 is 9.14 Å². The van der Waals surface area contributed by atoms with Crippen molar-refractivity contribution in [3.05, 3.63) is 126 Å². The van der Waals surface area contributed by atoms with E-state index in [4.69, 9.17) is 0 Å². The zero-order chi connectivity index (χ0) is 36.7. The lowest BCUT2D eigenvalue weighted by Crippen LogP contribution is -2.37. The molecule has 5 aromatic rings. The second-order valence-corrected chi connectivity index (χ2v) is 14.3. The third-order valence-electron chi connectivity index (χ3n) is 11.0. The number of aromatic nitrogens is 2. The largest absolute Gasteiger partial charge is 0.372 e. The summed E-state index contributed by atoms with van der Waals surface area (Å²) >= 11 is 0. The molecule has 52 heavy (non-hydrogen) atoms. The van der Waals surface area contributed by atoms with Gasteiger partial charge in [0.25, 0.3) is 5.82 Å². The average Bonchev–Trinajstić information content (AvgIpc) is 3.60. The molecule has 0 amide bonds. The fourth-order valence-corrected chi connectivity index (χ4v) is 8.10. The van der Waals surface area contributed by atoms with Crippen LogP contribution in [0.4, 0.5) is 17.1 Å². The number of para-hydroxylation sites is 3. The molecule has 0 unspecified atom stereocenters. The van der Waals surface area contributed by atoms with Crippen LogP contribution < -0.4 is 14.4 Å². The molecule has 0 aliphatic carbocycles. The number of benzene rings is 4. The third kappa shape index (κ3) is 7.51. The number of aryl methyl sites for hydroxylation is 2. The van der Waals surface area contributed by atoms with Crippen LogP contribution in [-0.4, -0.2) is 47.6 Å². The summed E-state index contributed by atoms with van der Waals surface area (Å²) in [6, 6.07) is 35.9. The standard InChI is InChI=1S/C47H59N5/c1-8-48(9-2)39-29-23-37(24-30-39)27-33-45-47(6,7)41-19-13-14-20-42(41)51(45)35-17-18-36-52-44-22-16-15-21-43(44)50(12-5)46(52)34-28-38-25-31-40(32-26-38)49(10-3)11-4/h13-16,19-34H,8-12,17-18,35-36H2,1-7H3/q+2. The van der Waals surface area contributed by atoms with Gasteiger partial charge in [0.05, 0.1) is 18.5 Å². The van der Waals surface area contributed by atoms with Crippen molar-refractivity contribution in [1.29, 1.82) is 0 Å². The van der Waals surface area contributed by atoms with Gasteiger partial charge < -0.3 is 9.80 Å². The first-order valence-corrected chi connectivity index (χ1v) is 19.7. The van der Waals surface area contributed by atoms with Crippen molar-refractivity contribution in [2.24, 2.45) is 0 Å². The summed E-state index contributed by atoms with van der Waals surface area (Å²) in [5.41, 5.74) is 11.7. The van der Waals surface area contributed by atoms with Gasteiger partial charge in [-0.3, -0.25) is 0 Å². The van der Waals surface area contributed by atoms with Crippen molar-refractivity contribution in [3.63, 3.8) is 0 Å². The summed E-state index contributed by atoms with van der Waals surface area (Å²) in [5.74, 6) is 1.26. The first-order chi connectivity index (χ1) is 25.3. The molecule has 2 heterocycles. The quantitative estimate of drug-likeness (QED) is 0.0757. The molecule has 0 spiro atoms. The van der Waals surface area contributed by atoms with E-state index in [1.165, 1.54) is 56.3 Å². The van der Waals surface area contributed by atoms with Gasteiger partial charge in [0.2, 0.25) is 5.69 Å². The topological polar surface area (TPSA) is 18.3 Å². The van der Waals surface area contributed by atoms with E-state index in [0.29, 0.717) is 0 Å². The van der Waals surface area contributed by atoms with Crippen molar-refractivity contribution in [2.75, 3.05) is 42.5 Å². The van der Waals surface area contributed by atoms with Crippen LogP contribution in [-0.2, 0) is 18.5 Å². The van der Waals surface area contributed by atoms with Gasteiger partial charge >= 0.3 is 0 Å². The van der Waals surface area contributed by atoms with Gasteiger partial charge in [0.1, 0.15) is 6.54 Å². The highest BCUT2D eigenvalue weighted by Crippen LogP contribution is 2.40. The number of imidazole rings is 1. The molecule has 1 aromatic heterocycles. The summed E-state index contributed by atoms with van der Waals surface area (Å²) in [6.07, 6.45) is 11.4. The number of nitrogens with zero attached hydrogens (tertiary/aromatic N) is 5. The minimum absolute atomic E-state index is 0.0704. The summed E-state index contributed by atoms with van der Waals surface area (Å²) in [7, 11) is 0. The maximum absolute atomic E-state index is 2.58. The SMILES string of the molecule is CCN(CC)c1ccc(/C=C/C2=[N+](CCCC[n+]3c(/C=C/c4ccc(N(CC)CC)cc4)n(CC)c4ccccc43)c3ccccc3C2(C)C)cc1. The predicted octanol–water partition coefficient (Wildman–Crippen LogP) is 10.4. The van der Waals surface area contributed by atoms with Crippen LogP contribution in [0.25, 0.3) is 29.3 Å². The van der Waals surface area contributed by atoms with Crippen LogP contribution in [0.1, 0.15) is 83.8 Å². The van der Waals surface area contributed by atoms with Crippen LogP contribution in [0, 0.1) is 0 Å². The molecular formula is C47H59N5+2. The number of anilines is 2. The highest BCUT2D eigenvalue weighted by Gasteiger charge is 2.43. The van der Waals surface area contributed by atoms with Gasteiger partial charge in [-0.15, -0.1) is 0 Å². The minimum Gasteiger partial charge on any atom is -0.372 e. The first kappa shape index (κ1) is 36.9. The van der Waals surface area contributed by atoms with E-state index >= 15 is 0 Å². The Hall–Kier alpha value is -4.90. The summed E-state index contributed by atoms with van der Waals surface area (Å²) in [4.78, 5) is 4.78. The maximum atomic E-state index is 2.58. The summed E-state index contributed by atoms with van der Waals surface area (Å²) < 4.78 is 7.58. The first-order valence-electron chi connectivity index (χ1n) is 19.7. The second-order valence-electron chi connectivity index (χ2n) is 14.3. The molecule has 270 valence electrons. The zero-order valence-electron chi connectivity index (χ0n) is 32.6. The van der Waals surface area contributed by atoms with E-state index in [-0.39, 0.29) is 5.41 Å². The molecule has 0 bridgehead atoms. The van der Waals surface area contributed by atoms with Gasteiger partial charge in [-0.25, -0.2) is 9.13 Å². The van der Waals surface area contributed by atoms with Gasteiger partial charge in [-0.05, 0) is 115 Å². The minimum atomic E-state index is -0.0704. The summed E-state index contributed by atoms with van der Waals surface area (Å²) in [5, 5.41) is 0. The molecule has 5 nitrogen and oxygen atoms in total. The molecule has 6 rings (SSSR count). The summed E-state index contributed by atoms with van der Waals surface area (Å²) in [6.45, 7) is 22.8. The molecule has 0 fully saturated rings. The van der Waals surface area contributed by atoms with Crippen molar-refractivity contribution >= 4 is 52.0 Å². The van der Waals surface area contributed by atoms with E-state index in [1.54, 1.807) is 0 Å². The number of hydrogen-bond acceptors (Lipinski definition) is 2. The molecule has 4 aromatic carbocycles. The molecule has 1 aliphatic heterocycles. The Morgan fingerprint density at radius 2 is 1.13 bits per heavy atom. The van der Waals surface area contributed by atoms with Gasteiger partial charge in [-0.2, -0.15) is 4.58 Å². The lowest BCUT2D eigenvalue weighted by Gasteiger charge is -2.20. The second kappa shape index (κ2) is 16.6. The average molecular weight is 694 g/mol. The smallest absolute Gasteiger partial charge is 0.282 e. The normalized spacial score (nSPS) is 13.9. The van der Waals surface area contributed by atoms with E-state index < -0.39 is 0 Å². The Morgan fingerprint density at radius 3 is 1.73 bits per heavy atom. The fraction of sp³-hybridized carbons (Fsp3) is 0.362. The molecule has 0 atom stereocenters. The Kier molecular flexibility index (Phi) is 11.8. The Bertz CT molecular complexity index is 2030. The van der Waals surface area contributed by atoms with Crippen molar-refractivity contribution in [3.8, 4) is 0 Å². The molecule has 0 saturated carbocycles. The number of rotatable bonds is 16. The van der Waals surface area contributed by atoms with E-state index in [2.05, 4.69) is 193 Å². The molecule has 0 radical (unpaired) electrons. The Labute approximate surface area is 312 Å². The Balaban J connectivity index is 1.24. The van der Waals surface area contributed by atoms with Crippen LogP contribution in [0.3, 0.4) is 0 Å². The number of unbranched alkanes of at least 4 members (excludes halogenated alkanes) is 1. The van der Waals surface area contributed by atoms with Gasteiger partial charge in [0, 0.05) is 67.8 Å². The van der Waals surface area contributed by atoms with Gasteiger partial charge in [0.15, 0.2) is 16.7 Å². The van der Waals surface area contributed by atoms with Crippen LogP contribution in [0.5, 0.6) is 0 Å². The molecule has 0 saturated heterocycles. The molecular weight excluding hydrogens is 635 g/mol. The third-order valence-corrected chi connectivity index (χ3v) is 11.0. The lowest BCUT2D eigenvalue weighted by atomic mass is 9.81. The predicted molar refractivity (Wildman–Crippen MR) is 224 cm³/mol. The van der Waals surface area contributed by atoms with Crippen LogP contribution in [0.2, 0.25) is 0 Å². The van der Waals surface area contributed by atoms with Crippen molar-refractivity contribution in [2.45, 2.75) is 79.8 Å². The number of allylic oxidation sites excluding steroid dienone is 1. The highest BCUT2D eigenvalue weighted by molar-refractivity contribution is 6.05. The Morgan fingerprint density at radius 1 is 0.596 bits per heavy atom. The van der Waals surface area contributed by atoms with Crippen molar-refractivity contribution in [1.82, 2.24) is 4.57 Å². The lowest BCUT2D eigenvalue weighted by molar-refractivity contribution is -0.674. The van der Waals surface area contributed by atoms with Crippen LogP contribution >= 0.6 is 0 Å². The number of hydrogen-bond donors (Lipinski definition) is 0. The monoisotopic (exact) mass is 693 g/mol. The van der Waals surface area contributed by atoms with Gasteiger partial charge in [-0.1, -0.05) is 54.6 Å². The molecule has 0 N–H and O–H groups in total. The van der Waals surface area contributed by atoms with Crippen LogP contribution in [0.15, 0.2) is 103 Å². The molecule has 1 aliphatic rings. The van der Waals surface area contributed by atoms with E-state index in [0.717, 1.165) is 58.7 Å².